The van der Waals surface area contributed by atoms with Crippen LogP contribution in [-0.2, 0) is 4.79 Å². The summed E-state index contributed by atoms with van der Waals surface area (Å²) in [6.07, 6.45) is 0.252. The molecule has 130 valence electrons. The molecular formula is C17H24FN4O2+. The van der Waals surface area contributed by atoms with Crippen molar-refractivity contribution in [2.24, 2.45) is 0 Å². The lowest BCUT2D eigenvalue weighted by Gasteiger charge is -2.32. The number of carbonyl (C=O) groups is 2. The minimum atomic E-state index is -0.371. The molecule has 1 aromatic rings. The highest BCUT2D eigenvalue weighted by Crippen LogP contribution is 2.22. The number of urea groups is 1. The van der Waals surface area contributed by atoms with Crippen LogP contribution < -0.4 is 15.1 Å². The Bertz CT molecular complexity index is 616. The number of hydrogen-bond acceptors (Lipinski definition) is 2. The van der Waals surface area contributed by atoms with Gasteiger partial charge in [-0.1, -0.05) is 6.07 Å². The van der Waals surface area contributed by atoms with Gasteiger partial charge in [0.05, 0.1) is 38.8 Å². The maximum absolute atomic E-state index is 13.3. The van der Waals surface area contributed by atoms with Crippen LogP contribution in [0.25, 0.3) is 0 Å². The van der Waals surface area contributed by atoms with Crippen molar-refractivity contribution in [2.75, 3.05) is 44.2 Å². The number of rotatable bonds is 3. The SMILES string of the molecule is CC[NH+]1CCN(C(=O)N[C@H]2CC(=O)N(c3cccc(F)c3)C2)CC1. The average molecular weight is 335 g/mol. The average Bonchev–Trinajstić information content (AvgIpc) is 2.95. The third-order valence-electron chi connectivity index (χ3n) is 4.83. The first-order chi connectivity index (χ1) is 11.6. The highest BCUT2D eigenvalue weighted by Gasteiger charge is 2.33. The Morgan fingerprint density at radius 1 is 1.38 bits per heavy atom. The van der Waals surface area contributed by atoms with Gasteiger partial charge in [0.1, 0.15) is 5.82 Å². The predicted molar refractivity (Wildman–Crippen MR) is 88.5 cm³/mol. The van der Waals surface area contributed by atoms with E-state index in [1.54, 1.807) is 12.1 Å². The normalized spacial score (nSPS) is 22.1. The third kappa shape index (κ3) is 3.67. The first kappa shape index (κ1) is 16.7. The Morgan fingerprint density at radius 2 is 2.12 bits per heavy atom. The van der Waals surface area contributed by atoms with Gasteiger partial charge in [-0.3, -0.25) is 4.79 Å². The standard InChI is InChI=1S/C17H23FN4O2/c1-2-20-6-8-21(9-7-20)17(24)19-14-11-16(23)22(12-14)15-5-3-4-13(18)10-15/h3-5,10,14H,2,6-9,11-12H2,1H3,(H,19,24)/p+1/t14-/m0/s1. The second-order valence-corrected chi connectivity index (χ2v) is 6.43. The monoisotopic (exact) mass is 335 g/mol. The van der Waals surface area contributed by atoms with Crippen LogP contribution >= 0.6 is 0 Å². The summed E-state index contributed by atoms with van der Waals surface area (Å²) >= 11 is 0. The molecule has 7 heteroatoms. The first-order valence-electron chi connectivity index (χ1n) is 8.51. The van der Waals surface area contributed by atoms with Crippen LogP contribution in [-0.4, -0.2) is 62.1 Å². The zero-order valence-corrected chi connectivity index (χ0v) is 13.9. The summed E-state index contributed by atoms with van der Waals surface area (Å²) in [5.74, 6) is -0.463. The number of nitrogens with one attached hydrogen (secondary N) is 2. The highest BCUT2D eigenvalue weighted by molar-refractivity contribution is 5.96. The Hall–Kier alpha value is -2.15. The second-order valence-electron chi connectivity index (χ2n) is 6.43. The summed E-state index contributed by atoms with van der Waals surface area (Å²) < 4.78 is 13.3. The number of halogens is 1. The molecule has 2 aliphatic rings. The quantitative estimate of drug-likeness (QED) is 0.808. The van der Waals surface area contributed by atoms with Crippen LogP contribution in [0.4, 0.5) is 14.9 Å². The Kier molecular flexibility index (Phi) is 4.99. The first-order valence-corrected chi connectivity index (χ1v) is 8.51. The predicted octanol–water partition coefficient (Wildman–Crippen LogP) is -0.139. The van der Waals surface area contributed by atoms with E-state index in [-0.39, 0.29) is 30.2 Å². The van der Waals surface area contributed by atoms with Gasteiger partial charge >= 0.3 is 6.03 Å². The number of carbonyl (C=O) groups excluding carboxylic acids is 2. The van der Waals surface area contributed by atoms with Crippen LogP contribution in [0.1, 0.15) is 13.3 Å². The van der Waals surface area contributed by atoms with E-state index in [9.17, 15) is 14.0 Å². The molecule has 1 aromatic carbocycles. The number of likely N-dealkylation sites (N-methyl/N-ethyl adjacent to an activating group) is 1. The lowest BCUT2D eigenvalue weighted by atomic mass is 10.2. The van der Waals surface area contributed by atoms with Crippen LogP contribution in [0, 0.1) is 5.82 Å². The number of anilines is 1. The summed E-state index contributed by atoms with van der Waals surface area (Å²) in [5.41, 5.74) is 0.539. The highest BCUT2D eigenvalue weighted by atomic mass is 19.1. The zero-order chi connectivity index (χ0) is 17.1. The van der Waals surface area contributed by atoms with Crippen LogP contribution in [0.15, 0.2) is 24.3 Å². The molecule has 2 aliphatic heterocycles. The minimum Gasteiger partial charge on any atom is -0.333 e. The molecule has 24 heavy (non-hydrogen) atoms. The van der Waals surface area contributed by atoms with Gasteiger partial charge in [-0.05, 0) is 25.1 Å². The van der Waals surface area contributed by atoms with Gasteiger partial charge in [-0.15, -0.1) is 0 Å². The van der Waals surface area contributed by atoms with E-state index >= 15 is 0 Å². The lowest BCUT2D eigenvalue weighted by molar-refractivity contribution is -0.902. The maximum atomic E-state index is 13.3. The molecule has 0 aliphatic carbocycles. The van der Waals surface area contributed by atoms with E-state index in [0.29, 0.717) is 12.2 Å². The van der Waals surface area contributed by atoms with Crippen molar-refractivity contribution in [3.8, 4) is 0 Å². The molecule has 2 fully saturated rings. The topological polar surface area (TPSA) is 57.1 Å². The molecule has 0 aromatic heterocycles. The molecular weight excluding hydrogens is 311 g/mol. The molecule has 1 atom stereocenters. The van der Waals surface area contributed by atoms with Gasteiger partial charge in [-0.25, -0.2) is 9.18 Å². The molecule has 0 radical (unpaired) electrons. The maximum Gasteiger partial charge on any atom is 0.318 e. The number of nitrogens with zero attached hydrogens (tertiary/aromatic N) is 2. The number of hydrogen-bond donors (Lipinski definition) is 2. The fourth-order valence-electron chi connectivity index (χ4n) is 3.34. The van der Waals surface area contributed by atoms with Crippen molar-refractivity contribution in [3.63, 3.8) is 0 Å². The molecule has 2 N–H and O–H groups in total. The molecule has 0 unspecified atom stereocenters. The Morgan fingerprint density at radius 3 is 2.79 bits per heavy atom. The molecule has 3 amide bonds. The van der Waals surface area contributed by atoms with Gasteiger partial charge in [0.15, 0.2) is 0 Å². The Balaban J connectivity index is 1.55. The fraction of sp³-hybridized carbons (Fsp3) is 0.529. The van der Waals surface area contributed by atoms with E-state index < -0.39 is 0 Å². The van der Waals surface area contributed by atoms with Crippen LogP contribution in [0.5, 0.6) is 0 Å². The summed E-state index contributed by atoms with van der Waals surface area (Å²) in [6.45, 7) is 7.01. The van der Waals surface area contributed by atoms with Crippen LogP contribution in [0.3, 0.4) is 0 Å². The van der Waals surface area contributed by atoms with E-state index in [4.69, 9.17) is 0 Å². The van der Waals surface area contributed by atoms with Gasteiger partial charge in [0, 0.05) is 18.7 Å². The molecule has 2 saturated heterocycles. The molecule has 3 rings (SSSR count). The fourth-order valence-corrected chi connectivity index (χ4v) is 3.34. The van der Waals surface area contributed by atoms with Gasteiger partial charge in [0.2, 0.25) is 5.91 Å². The van der Waals surface area contributed by atoms with E-state index in [1.807, 2.05) is 4.90 Å². The van der Waals surface area contributed by atoms with E-state index in [1.165, 1.54) is 21.9 Å². The minimum absolute atomic E-state index is 0.0915. The molecule has 0 bridgehead atoms. The summed E-state index contributed by atoms with van der Waals surface area (Å²) in [4.78, 5) is 29.4. The smallest absolute Gasteiger partial charge is 0.318 e. The molecule has 0 spiro atoms. The Labute approximate surface area is 141 Å². The largest absolute Gasteiger partial charge is 0.333 e. The molecule has 0 saturated carbocycles. The van der Waals surface area contributed by atoms with Crippen molar-refractivity contribution in [1.82, 2.24) is 10.2 Å². The zero-order valence-electron chi connectivity index (χ0n) is 13.9. The molecule has 2 heterocycles. The van der Waals surface area contributed by atoms with E-state index in [0.717, 1.165) is 32.7 Å². The molecule has 6 nitrogen and oxygen atoms in total. The van der Waals surface area contributed by atoms with Gasteiger partial charge in [0.25, 0.3) is 0 Å². The summed E-state index contributed by atoms with van der Waals surface area (Å²) in [6, 6.07) is 5.64. The van der Waals surface area contributed by atoms with Crippen molar-refractivity contribution in [2.45, 2.75) is 19.4 Å². The van der Waals surface area contributed by atoms with Crippen molar-refractivity contribution >= 4 is 17.6 Å². The number of benzene rings is 1. The summed E-state index contributed by atoms with van der Waals surface area (Å²) in [5, 5.41) is 2.95. The number of amides is 3. The number of piperazine rings is 1. The third-order valence-corrected chi connectivity index (χ3v) is 4.83. The van der Waals surface area contributed by atoms with Crippen molar-refractivity contribution in [1.29, 1.82) is 0 Å². The van der Waals surface area contributed by atoms with Gasteiger partial charge in [-0.2, -0.15) is 0 Å². The lowest BCUT2D eigenvalue weighted by Crippen LogP contribution is -3.14. The second kappa shape index (κ2) is 7.17. The van der Waals surface area contributed by atoms with Crippen molar-refractivity contribution in [3.05, 3.63) is 30.1 Å². The van der Waals surface area contributed by atoms with Crippen molar-refractivity contribution < 1.29 is 18.9 Å². The van der Waals surface area contributed by atoms with Crippen LogP contribution in [0.2, 0.25) is 0 Å². The number of quaternary nitrogens is 1. The van der Waals surface area contributed by atoms with E-state index in [2.05, 4.69) is 12.2 Å². The summed E-state index contributed by atoms with van der Waals surface area (Å²) in [7, 11) is 0. The van der Waals surface area contributed by atoms with Gasteiger partial charge < -0.3 is 20.0 Å².